The molecule has 0 fully saturated rings. The first-order valence-corrected chi connectivity index (χ1v) is 7.51. The molecule has 0 atom stereocenters. The molecule has 0 saturated heterocycles. The smallest absolute Gasteiger partial charge is 0.213 e. The number of halogens is 1. The monoisotopic (exact) mass is 343 g/mol. The second-order valence-electron chi connectivity index (χ2n) is 4.55. The van der Waals surface area contributed by atoms with Gasteiger partial charge in [-0.25, -0.2) is 0 Å². The van der Waals surface area contributed by atoms with Crippen LogP contribution in [-0.4, -0.2) is 16.6 Å². The van der Waals surface area contributed by atoms with Crippen molar-refractivity contribution in [1.29, 1.82) is 0 Å². The Labute approximate surface area is 144 Å². The third-order valence-electron chi connectivity index (χ3n) is 2.86. The Balaban J connectivity index is 2.27. The second kappa shape index (κ2) is 8.22. The Bertz CT molecular complexity index is 755. The minimum Gasteiger partial charge on any atom is -0.375 e. The zero-order valence-electron chi connectivity index (χ0n) is 12.1. The van der Waals surface area contributed by atoms with Crippen LogP contribution in [0, 0.1) is 0 Å². The maximum atomic E-state index is 12.5. The summed E-state index contributed by atoms with van der Waals surface area (Å²) in [7, 11) is 0. The fourth-order valence-corrected chi connectivity index (χ4v) is 1.94. The van der Waals surface area contributed by atoms with Crippen LogP contribution in [0.1, 0.15) is 15.9 Å². The molecule has 116 valence electrons. The number of hydrogen-bond donors (Lipinski definition) is 2. The number of nitrogens with zero attached hydrogens (tertiary/aromatic N) is 1. The maximum Gasteiger partial charge on any atom is 0.213 e. The van der Waals surface area contributed by atoms with E-state index in [4.69, 9.17) is 29.6 Å². The van der Waals surface area contributed by atoms with Crippen molar-refractivity contribution in [2.75, 3.05) is 0 Å². The average Bonchev–Trinajstić information content (AvgIpc) is 2.56. The Kier molecular flexibility index (Phi) is 6.02. The van der Waals surface area contributed by atoms with Gasteiger partial charge in [0.15, 0.2) is 5.11 Å². The standard InChI is InChI=1S/C17H14ClN3OS/c18-14-9-6-12(7-10-14)8-11-15(20-21-17(19)23)16(22)13-4-2-1-3-5-13/h1-11H,(H3,19,21,23)/b11-8+,20-15-. The van der Waals surface area contributed by atoms with Gasteiger partial charge in [0.25, 0.3) is 0 Å². The molecule has 0 aliphatic rings. The van der Waals surface area contributed by atoms with Gasteiger partial charge < -0.3 is 5.73 Å². The largest absolute Gasteiger partial charge is 0.375 e. The van der Waals surface area contributed by atoms with Gasteiger partial charge in [-0.15, -0.1) is 0 Å². The summed E-state index contributed by atoms with van der Waals surface area (Å²) in [5.41, 5.74) is 9.42. The van der Waals surface area contributed by atoms with E-state index >= 15 is 0 Å². The van der Waals surface area contributed by atoms with Crippen LogP contribution in [-0.2, 0) is 0 Å². The SMILES string of the molecule is NC(=S)N/N=C(/C=C/c1ccc(Cl)cc1)C(=O)c1ccccc1. The Hall–Kier alpha value is -2.50. The summed E-state index contributed by atoms with van der Waals surface area (Å²) < 4.78 is 0. The number of ketones is 1. The molecule has 0 aromatic heterocycles. The van der Waals surface area contributed by atoms with Crippen molar-refractivity contribution in [2.24, 2.45) is 10.8 Å². The number of thiocarbonyl (C=S) groups is 1. The molecule has 0 aliphatic heterocycles. The number of carbonyl (C=O) groups is 1. The highest BCUT2D eigenvalue weighted by Gasteiger charge is 2.11. The third-order valence-corrected chi connectivity index (χ3v) is 3.20. The number of benzene rings is 2. The molecule has 3 N–H and O–H groups in total. The summed E-state index contributed by atoms with van der Waals surface area (Å²) in [6, 6.07) is 16.1. The van der Waals surface area contributed by atoms with Gasteiger partial charge in [0, 0.05) is 10.6 Å². The molecule has 2 aromatic carbocycles. The molecule has 0 bridgehead atoms. The van der Waals surface area contributed by atoms with Gasteiger partial charge in [-0.1, -0.05) is 60.1 Å². The van der Waals surface area contributed by atoms with E-state index in [1.54, 1.807) is 48.6 Å². The lowest BCUT2D eigenvalue weighted by Gasteiger charge is -2.03. The van der Waals surface area contributed by atoms with Crippen LogP contribution < -0.4 is 11.2 Å². The quantitative estimate of drug-likeness (QED) is 0.378. The van der Waals surface area contributed by atoms with Crippen LogP contribution in [0.5, 0.6) is 0 Å². The third kappa shape index (κ3) is 5.32. The molecule has 2 aromatic rings. The lowest BCUT2D eigenvalue weighted by Crippen LogP contribution is -2.27. The first kappa shape index (κ1) is 16.9. The summed E-state index contributed by atoms with van der Waals surface area (Å²) >= 11 is 10.6. The number of allylic oxidation sites excluding steroid dienone is 1. The van der Waals surface area contributed by atoms with Crippen molar-refractivity contribution >= 4 is 46.5 Å². The Morgan fingerprint density at radius 2 is 1.78 bits per heavy atom. The predicted molar refractivity (Wildman–Crippen MR) is 98.6 cm³/mol. The molecule has 0 spiro atoms. The highest BCUT2D eigenvalue weighted by atomic mass is 35.5. The fourth-order valence-electron chi connectivity index (χ4n) is 1.77. The first-order chi connectivity index (χ1) is 11.1. The summed E-state index contributed by atoms with van der Waals surface area (Å²) in [4.78, 5) is 12.5. The van der Waals surface area contributed by atoms with E-state index in [0.717, 1.165) is 5.56 Å². The van der Waals surface area contributed by atoms with Crippen LogP contribution in [0.2, 0.25) is 5.02 Å². The van der Waals surface area contributed by atoms with Gasteiger partial charge in [0.05, 0.1) is 0 Å². The Morgan fingerprint density at radius 3 is 2.39 bits per heavy atom. The van der Waals surface area contributed by atoms with Gasteiger partial charge in [0.1, 0.15) is 5.71 Å². The summed E-state index contributed by atoms with van der Waals surface area (Å²) in [6.07, 6.45) is 3.36. The van der Waals surface area contributed by atoms with E-state index in [1.165, 1.54) is 0 Å². The average molecular weight is 344 g/mol. The molecule has 4 nitrogen and oxygen atoms in total. The number of hydrogen-bond acceptors (Lipinski definition) is 3. The molecule has 0 unspecified atom stereocenters. The fraction of sp³-hybridized carbons (Fsp3) is 0. The lowest BCUT2D eigenvalue weighted by molar-refractivity contribution is 0.106. The van der Waals surface area contributed by atoms with Crippen molar-refractivity contribution < 1.29 is 4.79 Å². The minimum atomic E-state index is -0.237. The first-order valence-electron chi connectivity index (χ1n) is 6.73. The van der Waals surface area contributed by atoms with Gasteiger partial charge in [0.2, 0.25) is 5.78 Å². The highest BCUT2D eigenvalue weighted by molar-refractivity contribution is 7.80. The molecule has 0 heterocycles. The van der Waals surface area contributed by atoms with Crippen molar-refractivity contribution in [1.82, 2.24) is 5.43 Å². The molecular formula is C17H14ClN3OS. The van der Waals surface area contributed by atoms with E-state index in [1.807, 2.05) is 18.2 Å². The number of carbonyl (C=O) groups excluding carboxylic acids is 1. The van der Waals surface area contributed by atoms with Gasteiger partial charge in [-0.05, 0) is 36.0 Å². The molecule has 0 saturated carbocycles. The van der Waals surface area contributed by atoms with E-state index in [2.05, 4.69) is 10.5 Å². The number of hydrazone groups is 1. The van der Waals surface area contributed by atoms with Crippen molar-refractivity contribution in [2.45, 2.75) is 0 Å². The molecule has 0 radical (unpaired) electrons. The second-order valence-corrected chi connectivity index (χ2v) is 5.43. The topological polar surface area (TPSA) is 67.5 Å². The van der Waals surface area contributed by atoms with Crippen molar-refractivity contribution in [3.8, 4) is 0 Å². The maximum absolute atomic E-state index is 12.5. The molecule has 23 heavy (non-hydrogen) atoms. The molecule has 6 heteroatoms. The summed E-state index contributed by atoms with van der Waals surface area (Å²) in [5, 5.41) is 4.60. The van der Waals surface area contributed by atoms with E-state index in [9.17, 15) is 4.79 Å². The van der Waals surface area contributed by atoms with E-state index < -0.39 is 0 Å². The zero-order valence-corrected chi connectivity index (χ0v) is 13.6. The van der Waals surface area contributed by atoms with Gasteiger partial charge in [-0.3, -0.25) is 10.2 Å². The highest BCUT2D eigenvalue weighted by Crippen LogP contribution is 2.11. The number of Topliss-reactive ketones (excluding diaryl/α,β-unsaturated/α-hetero) is 1. The normalized spacial score (nSPS) is 11.4. The minimum absolute atomic E-state index is 0.0109. The van der Waals surface area contributed by atoms with E-state index in [0.29, 0.717) is 10.6 Å². The molecule has 0 aliphatic carbocycles. The Morgan fingerprint density at radius 1 is 1.13 bits per heavy atom. The predicted octanol–water partition coefficient (Wildman–Crippen LogP) is 3.43. The van der Waals surface area contributed by atoms with Crippen LogP contribution >= 0.6 is 23.8 Å². The van der Waals surface area contributed by atoms with Crippen LogP contribution in [0.15, 0.2) is 65.8 Å². The molecule has 2 rings (SSSR count). The lowest BCUT2D eigenvalue weighted by atomic mass is 10.1. The van der Waals surface area contributed by atoms with Crippen molar-refractivity contribution in [3.63, 3.8) is 0 Å². The number of rotatable bonds is 5. The number of nitrogens with one attached hydrogen (secondary N) is 1. The van der Waals surface area contributed by atoms with E-state index in [-0.39, 0.29) is 16.6 Å². The number of nitrogens with two attached hydrogens (primary N) is 1. The van der Waals surface area contributed by atoms with Gasteiger partial charge >= 0.3 is 0 Å². The molecular weight excluding hydrogens is 330 g/mol. The molecule has 0 amide bonds. The van der Waals surface area contributed by atoms with Crippen LogP contribution in [0.25, 0.3) is 6.08 Å². The summed E-state index contributed by atoms with van der Waals surface area (Å²) in [5.74, 6) is -0.237. The zero-order chi connectivity index (χ0) is 16.7. The van der Waals surface area contributed by atoms with Gasteiger partial charge in [-0.2, -0.15) is 5.10 Å². The van der Waals surface area contributed by atoms with Crippen molar-refractivity contribution in [3.05, 3.63) is 76.8 Å². The van der Waals surface area contributed by atoms with Crippen LogP contribution in [0.4, 0.5) is 0 Å². The summed E-state index contributed by atoms with van der Waals surface area (Å²) in [6.45, 7) is 0. The van der Waals surface area contributed by atoms with Crippen LogP contribution in [0.3, 0.4) is 0 Å².